The highest BCUT2D eigenvalue weighted by atomic mass is 16.4. The topological polar surface area (TPSA) is 69.6 Å². The molecular weight excluding hydrogens is 242 g/mol. The number of aliphatic carboxylic acids is 1. The molecule has 4 nitrogen and oxygen atoms in total. The fraction of sp³-hybridized carbons (Fsp3) is 0.933. The van der Waals surface area contributed by atoms with Gasteiger partial charge in [0.15, 0.2) is 0 Å². The van der Waals surface area contributed by atoms with Crippen molar-refractivity contribution in [1.82, 2.24) is 5.32 Å². The quantitative estimate of drug-likeness (QED) is 0.730. The Morgan fingerprint density at radius 3 is 2.00 bits per heavy atom. The van der Waals surface area contributed by atoms with Crippen LogP contribution in [0.4, 0.5) is 0 Å². The molecule has 0 unspecified atom stereocenters. The molecule has 0 bridgehead atoms. The molecule has 0 aromatic rings. The van der Waals surface area contributed by atoms with Gasteiger partial charge in [-0.1, -0.05) is 27.7 Å². The predicted octanol–water partition coefficient (Wildman–Crippen LogP) is 2.02. The Balaban J connectivity index is 1.83. The van der Waals surface area contributed by atoms with Gasteiger partial charge in [0.25, 0.3) is 0 Å². The summed E-state index contributed by atoms with van der Waals surface area (Å²) in [6.45, 7) is 9.56. The molecule has 2 saturated carbocycles. The highest BCUT2D eigenvalue weighted by molar-refractivity contribution is 5.70. The maximum atomic E-state index is 10.9. The standard InChI is InChI=1S/C15H27NO3/c1-13(2)12(14(13,3)4)16-9-15(19)7-5-10(6-8-15)11(17)18/h10,12,16,19H,5-9H2,1-4H3,(H,17,18). The molecule has 0 saturated heterocycles. The second kappa shape index (κ2) is 4.45. The highest BCUT2D eigenvalue weighted by Gasteiger charge is 2.64. The zero-order valence-electron chi connectivity index (χ0n) is 12.5. The van der Waals surface area contributed by atoms with E-state index in [0.717, 1.165) is 0 Å². The minimum Gasteiger partial charge on any atom is -0.481 e. The van der Waals surface area contributed by atoms with Crippen LogP contribution in [0.25, 0.3) is 0 Å². The summed E-state index contributed by atoms with van der Waals surface area (Å²) in [5.41, 5.74) is -0.191. The Morgan fingerprint density at radius 1 is 1.16 bits per heavy atom. The smallest absolute Gasteiger partial charge is 0.306 e. The van der Waals surface area contributed by atoms with Crippen molar-refractivity contribution in [2.75, 3.05) is 6.54 Å². The molecule has 19 heavy (non-hydrogen) atoms. The van der Waals surface area contributed by atoms with Crippen LogP contribution in [0.15, 0.2) is 0 Å². The molecule has 0 spiro atoms. The first-order chi connectivity index (χ1) is 8.60. The van der Waals surface area contributed by atoms with Gasteiger partial charge in [0, 0.05) is 12.6 Å². The Morgan fingerprint density at radius 2 is 1.63 bits per heavy atom. The molecule has 0 heterocycles. The van der Waals surface area contributed by atoms with Crippen molar-refractivity contribution in [3.05, 3.63) is 0 Å². The number of carboxylic acids is 1. The molecule has 0 aromatic heterocycles. The van der Waals surface area contributed by atoms with Crippen LogP contribution in [0.3, 0.4) is 0 Å². The van der Waals surface area contributed by atoms with Crippen molar-refractivity contribution in [1.29, 1.82) is 0 Å². The summed E-state index contributed by atoms with van der Waals surface area (Å²) in [5.74, 6) is -0.992. The second-order valence-electron chi connectivity index (χ2n) is 7.59. The fourth-order valence-corrected chi connectivity index (χ4v) is 3.58. The summed E-state index contributed by atoms with van der Waals surface area (Å²) in [4.78, 5) is 10.9. The number of carbonyl (C=O) groups is 1. The van der Waals surface area contributed by atoms with Crippen LogP contribution in [0.2, 0.25) is 0 Å². The van der Waals surface area contributed by atoms with Crippen LogP contribution < -0.4 is 5.32 Å². The molecule has 4 heteroatoms. The maximum absolute atomic E-state index is 10.9. The second-order valence-corrected chi connectivity index (χ2v) is 7.59. The number of hydrogen-bond donors (Lipinski definition) is 3. The van der Waals surface area contributed by atoms with Crippen molar-refractivity contribution < 1.29 is 15.0 Å². The number of hydrogen-bond acceptors (Lipinski definition) is 3. The van der Waals surface area contributed by atoms with E-state index in [2.05, 4.69) is 33.0 Å². The van der Waals surface area contributed by atoms with Gasteiger partial charge in [0.05, 0.1) is 11.5 Å². The summed E-state index contributed by atoms with van der Waals surface area (Å²) in [5, 5.41) is 23.0. The molecule has 0 aliphatic heterocycles. The van der Waals surface area contributed by atoms with E-state index in [0.29, 0.717) is 38.3 Å². The van der Waals surface area contributed by atoms with E-state index in [9.17, 15) is 9.90 Å². The van der Waals surface area contributed by atoms with Crippen LogP contribution in [-0.2, 0) is 4.79 Å². The van der Waals surface area contributed by atoms with Crippen LogP contribution in [0.5, 0.6) is 0 Å². The van der Waals surface area contributed by atoms with E-state index in [1.165, 1.54) is 0 Å². The van der Waals surface area contributed by atoms with Crippen LogP contribution in [0, 0.1) is 16.7 Å². The van der Waals surface area contributed by atoms with E-state index in [-0.39, 0.29) is 16.7 Å². The van der Waals surface area contributed by atoms with E-state index in [1.54, 1.807) is 0 Å². The summed E-state index contributed by atoms with van der Waals surface area (Å²) in [6.07, 6.45) is 2.35. The van der Waals surface area contributed by atoms with Gasteiger partial charge in [0.1, 0.15) is 0 Å². The SMILES string of the molecule is CC1(C)C(NCC2(O)CCC(C(=O)O)CC2)C1(C)C. The number of nitrogens with one attached hydrogen (secondary N) is 1. The van der Waals surface area contributed by atoms with E-state index >= 15 is 0 Å². The lowest BCUT2D eigenvalue weighted by Crippen LogP contribution is -2.46. The van der Waals surface area contributed by atoms with Gasteiger partial charge in [-0.25, -0.2) is 0 Å². The Labute approximate surface area is 115 Å². The molecule has 0 radical (unpaired) electrons. The minimum atomic E-state index is -0.723. The normalized spacial score (nSPS) is 37.0. The van der Waals surface area contributed by atoms with Gasteiger partial charge in [-0.2, -0.15) is 0 Å². The van der Waals surface area contributed by atoms with Crippen molar-refractivity contribution in [3.63, 3.8) is 0 Å². The average Bonchev–Trinajstić information content (AvgIpc) is 2.67. The molecule has 110 valence electrons. The van der Waals surface area contributed by atoms with E-state index in [1.807, 2.05) is 0 Å². The number of aliphatic hydroxyl groups is 1. The molecular formula is C15H27NO3. The average molecular weight is 269 g/mol. The van der Waals surface area contributed by atoms with Gasteiger partial charge in [-0.15, -0.1) is 0 Å². The third-order valence-corrected chi connectivity index (χ3v) is 5.92. The third-order valence-electron chi connectivity index (χ3n) is 5.92. The Bertz CT molecular complexity index is 354. The first kappa shape index (κ1) is 14.8. The molecule has 2 fully saturated rings. The molecule has 2 aliphatic rings. The maximum Gasteiger partial charge on any atom is 0.306 e. The van der Waals surface area contributed by atoms with Gasteiger partial charge >= 0.3 is 5.97 Å². The largest absolute Gasteiger partial charge is 0.481 e. The fourth-order valence-electron chi connectivity index (χ4n) is 3.58. The Kier molecular flexibility index (Phi) is 3.47. The number of carboxylic acid groups (broad SMARTS) is 1. The zero-order valence-corrected chi connectivity index (χ0v) is 12.5. The highest BCUT2D eigenvalue weighted by Crippen LogP contribution is 2.62. The molecule has 2 aliphatic carbocycles. The van der Waals surface area contributed by atoms with Gasteiger partial charge in [-0.3, -0.25) is 4.79 Å². The first-order valence-corrected chi connectivity index (χ1v) is 7.29. The van der Waals surface area contributed by atoms with Crippen LogP contribution >= 0.6 is 0 Å². The molecule has 0 amide bonds. The monoisotopic (exact) mass is 269 g/mol. The van der Waals surface area contributed by atoms with Crippen molar-refractivity contribution in [2.45, 2.75) is 65.0 Å². The molecule has 2 rings (SSSR count). The number of rotatable bonds is 4. The van der Waals surface area contributed by atoms with E-state index in [4.69, 9.17) is 5.11 Å². The van der Waals surface area contributed by atoms with Gasteiger partial charge in [0.2, 0.25) is 0 Å². The lowest BCUT2D eigenvalue weighted by atomic mass is 9.79. The van der Waals surface area contributed by atoms with E-state index < -0.39 is 11.6 Å². The van der Waals surface area contributed by atoms with Crippen LogP contribution in [0.1, 0.15) is 53.4 Å². The Hall–Kier alpha value is -0.610. The predicted molar refractivity (Wildman–Crippen MR) is 73.9 cm³/mol. The van der Waals surface area contributed by atoms with Crippen molar-refractivity contribution >= 4 is 5.97 Å². The van der Waals surface area contributed by atoms with Crippen molar-refractivity contribution in [3.8, 4) is 0 Å². The first-order valence-electron chi connectivity index (χ1n) is 7.29. The van der Waals surface area contributed by atoms with Gasteiger partial charge < -0.3 is 15.5 Å². The van der Waals surface area contributed by atoms with Crippen LogP contribution in [-0.4, -0.2) is 34.4 Å². The lowest BCUT2D eigenvalue weighted by molar-refractivity contribution is -0.144. The summed E-state index contributed by atoms with van der Waals surface area (Å²) < 4.78 is 0. The summed E-state index contributed by atoms with van der Waals surface area (Å²) in [7, 11) is 0. The molecule has 0 aromatic carbocycles. The van der Waals surface area contributed by atoms with Gasteiger partial charge in [-0.05, 0) is 36.5 Å². The zero-order chi connectivity index (χ0) is 14.5. The lowest BCUT2D eigenvalue weighted by Gasteiger charge is -2.35. The molecule has 3 N–H and O–H groups in total. The minimum absolute atomic E-state index is 0.266. The molecule has 0 atom stereocenters. The van der Waals surface area contributed by atoms with Crippen molar-refractivity contribution in [2.24, 2.45) is 16.7 Å². The summed E-state index contributed by atoms with van der Waals surface area (Å²) in [6, 6.07) is 0.432. The third kappa shape index (κ3) is 2.52. The summed E-state index contributed by atoms with van der Waals surface area (Å²) >= 11 is 0.